The van der Waals surface area contributed by atoms with Crippen LogP contribution in [0, 0.1) is 0 Å². The van der Waals surface area contributed by atoms with Crippen LogP contribution < -0.4 is 0 Å². The minimum absolute atomic E-state index is 0.505. The summed E-state index contributed by atoms with van der Waals surface area (Å²) in [5.74, 6) is 0. The minimum atomic E-state index is 0.505. The Bertz CT molecular complexity index is 246. The molecule has 0 saturated carbocycles. The summed E-state index contributed by atoms with van der Waals surface area (Å²) in [7, 11) is 0. The second kappa shape index (κ2) is 3.05. The van der Waals surface area contributed by atoms with Crippen LogP contribution in [0.5, 0.6) is 0 Å². The van der Waals surface area contributed by atoms with E-state index in [1.54, 1.807) is 0 Å². The summed E-state index contributed by atoms with van der Waals surface area (Å²) in [5.41, 5.74) is 2.65. The van der Waals surface area contributed by atoms with Gasteiger partial charge in [-0.1, -0.05) is 18.8 Å². The molecule has 0 amide bonds. The average molecular weight is 166 g/mol. The van der Waals surface area contributed by atoms with Gasteiger partial charge in [0.15, 0.2) is 0 Å². The van der Waals surface area contributed by atoms with Crippen LogP contribution in [0.2, 0.25) is 0 Å². The lowest BCUT2D eigenvalue weighted by molar-refractivity contribution is 1.10. The Morgan fingerprint density at radius 3 is 2.27 bits per heavy atom. The second-order valence-corrected chi connectivity index (χ2v) is 3.10. The first kappa shape index (κ1) is 8.27. The molecule has 0 aromatic heterocycles. The zero-order valence-corrected chi connectivity index (χ0v) is 7.53. The maximum absolute atomic E-state index is 5.00. The Hall–Kier alpha value is -0.830. The topological polar surface area (TPSA) is 24.7 Å². The number of thiocarbonyl (C=S) groups is 1. The van der Waals surface area contributed by atoms with Crippen LogP contribution >= 0.6 is 12.2 Å². The number of hydrogen-bond acceptors (Lipinski definition) is 3. The molecule has 1 aliphatic rings. The van der Waals surface area contributed by atoms with Crippen LogP contribution in [-0.4, -0.2) is 23.0 Å². The first-order chi connectivity index (χ1) is 5.13. The van der Waals surface area contributed by atoms with Crippen molar-refractivity contribution in [2.45, 2.75) is 13.8 Å². The van der Waals surface area contributed by atoms with Crippen molar-refractivity contribution in [1.82, 2.24) is 0 Å². The van der Waals surface area contributed by atoms with Gasteiger partial charge >= 0.3 is 0 Å². The molecule has 0 N–H and O–H groups in total. The molecule has 0 unspecified atom stereocenters. The third-order valence-electron chi connectivity index (χ3n) is 1.42. The van der Waals surface area contributed by atoms with Crippen molar-refractivity contribution >= 4 is 28.5 Å². The fourth-order valence-corrected chi connectivity index (χ4v) is 1.10. The summed E-state index contributed by atoms with van der Waals surface area (Å²) in [6.45, 7) is 8.08. The highest BCUT2D eigenvalue weighted by Gasteiger charge is 2.15. The smallest absolute Gasteiger partial charge is 0.130 e. The largest absolute Gasteiger partial charge is 0.259 e. The third kappa shape index (κ3) is 1.60. The average Bonchev–Trinajstić information content (AvgIpc) is 2.32. The number of nitrogens with zero attached hydrogens (tertiary/aromatic N) is 2. The molecular formula is C8H10N2S. The second-order valence-electron chi connectivity index (χ2n) is 2.49. The summed E-state index contributed by atoms with van der Waals surface area (Å²) < 4.78 is 0. The Balaban J connectivity index is 2.93. The lowest BCUT2D eigenvalue weighted by Crippen LogP contribution is -2.18. The van der Waals surface area contributed by atoms with Gasteiger partial charge in [-0.25, -0.2) is 0 Å². The van der Waals surface area contributed by atoms with Gasteiger partial charge < -0.3 is 0 Å². The molecule has 2 nitrogen and oxygen atoms in total. The van der Waals surface area contributed by atoms with E-state index in [2.05, 4.69) is 16.6 Å². The van der Waals surface area contributed by atoms with Gasteiger partial charge in [-0.2, -0.15) is 0 Å². The molecule has 0 radical (unpaired) electrons. The molecule has 0 aliphatic carbocycles. The fraction of sp³-hybridized carbons (Fsp3) is 0.375. The van der Waals surface area contributed by atoms with E-state index in [-0.39, 0.29) is 0 Å². The molecular weight excluding hydrogens is 156 g/mol. The van der Waals surface area contributed by atoms with Crippen molar-refractivity contribution < 1.29 is 0 Å². The number of aliphatic imine (C=N–C) groups is 2. The van der Waals surface area contributed by atoms with Crippen molar-refractivity contribution in [1.29, 1.82) is 0 Å². The zero-order valence-electron chi connectivity index (χ0n) is 6.72. The molecule has 0 aromatic rings. The van der Waals surface area contributed by atoms with Crippen molar-refractivity contribution in [3.63, 3.8) is 0 Å². The van der Waals surface area contributed by atoms with Crippen molar-refractivity contribution in [3.8, 4) is 0 Å². The van der Waals surface area contributed by atoms with Gasteiger partial charge in [0, 0.05) is 4.86 Å². The first-order valence-corrected chi connectivity index (χ1v) is 3.80. The predicted octanol–water partition coefficient (Wildman–Crippen LogP) is 1.81. The normalized spacial score (nSPS) is 15.8. The van der Waals surface area contributed by atoms with Crippen LogP contribution in [0.4, 0.5) is 0 Å². The van der Waals surface area contributed by atoms with Crippen LogP contribution in [0.15, 0.2) is 22.1 Å². The van der Waals surface area contributed by atoms with E-state index in [0.29, 0.717) is 6.67 Å². The van der Waals surface area contributed by atoms with E-state index < -0.39 is 0 Å². The highest BCUT2D eigenvalue weighted by atomic mass is 32.1. The highest BCUT2D eigenvalue weighted by Crippen LogP contribution is 2.05. The SMILES string of the molecule is C=C(C)C1=NCN=C1C(C)=S. The minimum Gasteiger partial charge on any atom is -0.259 e. The molecule has 58 valence electrons. The van der Waals surface area contributed by atoms with E-state index in [9.17, 15) is 0 Å². The standard InChI is InChI=1S/C8H10N2S/c1-5(2)7-8(6(3)11)10-4-9-7/h1,4H2,2-3H3. The lowest BCUT2D eigenvalue weighted by atomic mass is 10.1. The lowest BCUT2D eigenvalue weighted by Gasteiger charge is -2.00. The van der Waals surface area contributed by atoms with Crippen molar-refractivity contribution in [2.24, 2.45) is 9.98 Å². The molecule has 0 atom stereocenters. The van der Waals surface area contributed by atoms with Crippen LogP contribution in [0.1, 0.15) is 13.8 Å². The van der Waals surface area contributed by atoms with E-state index in [1.807, 2.05) is 13.8 Å². The van der Waals surface area contributed by atoms with Crippen molar-refractivity contribution in [3.05, 3.63) is 12.2 Å². The van der Waals surface area contributed by atoms with Gasteiger partial charge in [0.2, 0.25) is 0 Å². The molecule has 0 fully saturated rings. The van der Waals surface area contributed by atoms with E-state index >= 15 is 0 Å². The summed E-state index contributed by atoms with van der Waals surface area (Å²) in [6.07, 6.45) is 0. The Morgan fingerprint density at radius 2 is 1.91 bits per heavy atom. The Kier molecular flexibility index (Phi) is 2.29. The zero-order chi connectivity index (χ0) is 8.43. The van der Waals surface area contributed by atoms with Crippen LogP contribution in [-0.2, 0) is 0 Å². The highest BCUT2D eigenvalue weighted by molar-refractivity contribution is 7.82. The maximum Gasteiger partial charge on any atom is 0.130 e. The number of rotatable bonds is 2. The van der Waals surface area contributed by atoms with Crippen LogP contribution in [0.25, 0.3) is 0 Å². The fourth-order valence-electron chi connectivity index (χ4n) is 0.942. The molecule has 0 aromatic carbocycles. The number of allylic oxidation sites excluding steroid dienone is 1. The van der Waals surface area contributed by atoms with Gasteiger partial charge in [0.1, 0.15) is 6.67 Å². The first-order valence-electron chi connectivity index (χ1n) is 3.39. The van der Waals surface area contributed by atoms with E-state index in [1.165, 1.54) is 0 Å². The Labute approximate surface area is 71.7 Å². The monoisotopic (exact) mass is 166 g/mol. The van der Waals surface area contributed by atoms with E-state index in [4.69, 9.17) is 12.2 Å². The van der Waals surface area contributed by atoms with Crippen LogP contribution in [0.3, 0.4) is 0 Å². The molecule has 1 heterocycles. The molecule has 1 aliphatic heterocycles. The van der Waals surface area contributed by atoms with Gasteiger partial charge in [-0.05, 0) is 19.4 Å². The molecule has 0 spiro atoms. The van der Waals surface area contributed by atoms with Gasteiger partial charge in [-0.15, -0.1) is 0 Å². The maximum atomic E-state index is 5.00. The summed E-state index contributed by atoms with van der Waals surface area (Å²) in [5, 5.41) is 0. The summed E-state index contributed by atoms with van der Waals surface area (Å²) in [4.78, 5) is 9.11. The van der Waals surface area contributed by atoms with Gasteiger partial charge in [0.05, 0.1) is 11.4 Å². The van der Waals surface area contributed by atoms with Gasteiger partial charge in [0.25, 0.3) is 0 Å². The third-order valence-corrected chi connectivity index (χ3v) is 1.61. The van der Waals surface area contributed by atoms with Gasteiger partial charge in [-0.3, -0.25) is 9.98 Å². The predicted molar refractivity (Wildman–Crippen MR) is 52.8 cm³/mol. The molecule has 3 heteroatoms. The summed E-state index contributed by atoms with van der Waals surface area (Å²) in [6, 6.07) is 0. The number of hydrogen-bond donors (Lipinski definition) is 0. The van der Waals surface area contributed by atoms with E-state index in [0.717, 1.165) is 21.9 Å². The quantitative estimate of drug-likeness (QED) is 0.574. The summed E-state index contributed by atoms with van der Waals surface area (Å²) >= 11 is 5.00. The molecule has 0 saturated heterocycles. The molecule has 1 rings (SSSR count). The molecule has 0 bridgehead atoms. The molecule has 11 heavy (non-hydrogen) atoms. The van der Waals surface area contributed by atoms with Crippen molar-refractivity contribution in [2.75, 3.05) is 6.67 Å². The Morgan fingerprint density at radius 1 is 1.36 bits per heavy atom.